The minimum atomic E-state index is -0.577. The lowest BCUT2D eigenvalue weighted by Crippen LogP contribution is -2.41. The van der Waals surface area contributed by atoms with Crippen LogP contribution in [0.25, 0.3) is 0 Å². The van der Waals surface area contributed by atoms with Crippen molar-refractivity contribution in [1.82, 2.24) is 9.97 Å². The van der Waals surface area contributed by atoms with Crippen molar-refractivity contribution in [2.24, 2.45) is 4.99 Å². The van der Waals surface area contributed by atoms with Crippen LogP contribution in [0, 0.1) is 0 Å². The summed E-state index contributed by atoms with van der Waals surface area (Å²) >= 11 is 0. The highest BCUT2D eigenvalue weighted by Gasteiger charge is 2.35. The second-order valence-electron chi connectivity index (χ2n) is 6.18. The maximum absolute atomic E-state index is 6.04. The van der Waals surface area contributed by atoms with Crippen LogP contribution in [0.3, 0.4) is 0 Å². The Balaban J connectivity index is 2.16. The second kappa shape index (κ2) is 5.65. The van der Waals surface area contributed by atoms with Crippen molar-refractivity contribution in [1.29, 1.82) is 0 Å². The van der Waals surface area contributed by atoms with Crippen molar-refractivity contribution in [2.45, 2.75) is 46.1 Å². The lowest BCUT2D eigenvalue weighted by Gasteiger charge is -2.32. The molecule has 0 aliphatic carbocycles. The monoisotopic (exact) mass is 310 g/mol. The van der Waals surface area contributed by atoms with E-state index in [4.69, 9.17) is 15.5 Å². The Morgan fingerprint density at radius 1 is 1.09 bits per heavy atom. The molecule has 2 aromatic rings. The van der Waals surface area contributed by atoms with Gasteiger partial charge in [0.2, 0.25) is 5.88 Å². The van der Waals surface area contributed by atoms with Crippen LogP contribution in [-0.2, 0) is 12.8 Å². The molecule has 5 nitrogen and oxygen atoms in total. The van der Waals surface area contributed by atoms with Crippen molar-refractivity contribution in [3.05, 3.63) is 41.2 Å². The number of rotatable bonds is 3. The minimum Gasteiger partial charge on any atom is -0.463 e. The smallest absolute Gasteiger partial charge is 0.246 e. The summed E-state index contributed by atoms with van der Waals surface area (Å²) < 4.78 is 6.04. The van der Waals surface area contributed by atoms with Crippen LogP contribution in [0.5, 0.6) is 5.88 Å². The van der Waals surface area contributed by atoms with E-state index in [1.165, 1.54) is 17.5 Å². The summed E-state index contributed by atoms with van der Waals surface area (Å²) in [7, 11) is 0. The molecule has 3 rings (SSSR count). The number of ether oxygens (including phenoxy) is 1. The molecule has 0 bridgehead atoms. The Hall–Kier alpha value is -2.43. The summed E-state index contributed by atoms with van der Waals surface area (Å²) in [5.41, 5.74) is 10.5. The summed E-state index contributed by atoms with van der Waals surface area (Å²) in [6.45, 7) is 8.33. The average Bonchev–Trinajstić information content (AvgIpc) is 2.53. The molecular weight excluding hydrogens is 288 g/mol. The Morgan fingerprint density at radius 2 is 1.83 bits per heavy atom. The molecule has 2 N–H and O–H groups in total. The van der Waals surface area contributed by atoms with Gasteiger partial charge in [-0.3, -0.25) is 0 Å². The van der Waals surface area contributed by atoms with Gasteiger partial charge in [0, 0.05) is 5.56 Å². The van der Waals surface area contributed by atoms with Crippen molar-refractivity contribution in [2.75, 3.05) is 5.73 Å². The topological polar surface area (TPSA) is 73.4 Å². The van der Waals surface area contributed by atoms with Crippen LogP contribution in [0.2, 0.25) is 0 Å². The molecule has 0 spiro atoms. The van der Waals surface area contributed by atoms with Crippen LogP contribution < -0.4 is 10.5 Å². The molecule has 1 aliphatic rings. The summed E-state index contributed by atoms with van der Waals surface area (Å²) in [4.78, 5) is 12.9. The van der Waals surface area contributed by atoms with Crippen molar-refractivity contribution < 1.29 is 4.74 Å². The maximum atomic E-state index is 6.04. The maximum Gasteiger partial charge on any atom is 0.246 e. The molecule has 0 atom stereocenters. The summed E-state index contributed by atoms with van der Waals surface area (Å²) in [6.07, 6.45) is 3.42. The Kier molecular flexibility index (Phi) is 3.80. The number of aliphatic imine (C=N–C) groups is 1. The van der Waals surface area contributed by atoms with Gasteiger partial charge in [-0.05, 0) is 43.9 Å². The largest absolute Gasteiger partial charge is 0.463 e. The minimum absolute atomic E-state index is 0.337. The quantitative estimate of drug-likeness (QED) is 0.942. The number of aryl methyl sites for hydroxylation is 2. The lowest BCUT2D eigenvalue weighted by molar-refractivity contribution is 0.171. The van der Waals surface area contributed by atoms with E-state index in [0.29, 0.717) is 17.4 Å². The SMILES string of the molecule is CCc1ccc(C2=Nc3c(N)ncnc3OC2(C)C)cc1CC. The molecule has 5 heteroatoms. The van der Waals surface area contributed by atoms with Crippen molar-refractivity contribution in [3.63, 3.8) is 0 Å². The van der Waals surface area contributed by atoms with Crippen LogP contribution in [-0.4, -0.2) is 21.3 Å². The van der Waals surface area contributed by atoms with E-state index in [9.17, 15) is 0 Å². The normalized spacial score (nSPS) is 15.6. The number of nitrogens with zero attached hydrogens (tertiary/aromatic N) is 3. The first-order chi connectivity index (χ1) is 11.0. The fourth-order valence-electron chi connectivity index (χ4n) is 2.95. The summed E-state index contributed by atoms with van der Waals surface area (Å²) in [5.74, 6) is 0.774. The van der Waals surface area contributed by atoms with Gasteiger partial charge in [0.15, 0.2) is 11.5 Å². The molecular formula is C18H22N4O. The highest BCUT2D eigenvalue weighted by Crippen LogP contribution is 2.39. The summed E-state index contributed by atoms with van der Waals surface area (Å²) in [6, 6.07) is 6.48. The molecule has 1 aromatic carbocycles. The fraction of sp³-hybridized carbons (Fsp3) is 0.389. The highest BCUT2D eigenvalue weighted by atomic mass is 16.5. The number of benzene rings is 1. The molecule has 1 aromatic heterocycles. The van der Waals surface area contributed by atoms with Gasteiger partial charge in [-0.15, -0.1) is 0 Å². The van der Waals surface area contributed by atoms with E-state index in [2.05, 4.69) is 42.0 Å². The molecule has 0 radical (unpaired) electrons. The van der Waals surface area contributed by atoms with Crippen LogP contribution in [0.1, 0.15) is 44.4 Å². The molecule has 0 saturated heterocycles. The third kappa shape index (κ3) is 2.67. The lowest BCUT2D eigenvalue weighted by atomic mass is 9.90. The van der Waals surface area contributed by atoms with Gasteiger partial charge in [0.25, 0.3) is 0 Å². The van der Waals surface area contributed by atoms with Gasteiger partial charge < -0.3 is 10.5 Å². The first kappa shape index (κ1) is 15.5. The average molecular weight is 310 g/mol. The zero-order valence-corrected chi connectivity index (χ0v) is 14.1. The molecule has 2 heterocycles. The number of anilines is 1. The zero-order valence-electron chi connectivity index (χ0n) is 14.1. The number of fused-ring (bicyclic) bond motifs is 1. The van der Waals surface area contributed by atoms with Crippen molar-refractivity contribution >= 4 is 17.2 Å². The van der Waals surface area contributed by atoms with E-state index >= 15 is 0 Å². The van der Waals surface area contributed by atoms with E-state index in [1.807, 2.05) is 13.8 Å². The van der Waals surface area contributed by atoms with Crippen LogP contribution >= 0.6 is 0 Å². The Morgan fingerprint density at radius 3 is 2.52 bits per heavy atom. The zero-order chi connectivity index (χ0) is 16.6. The Bertz CT molecular complexity index is 781. The van der Waals surface area contributed by atoms with E-state index in [-0.39, 0.29) is 0 Å². The number of hydrogen-bond acceptors (Lipinski definition) is 5. The first-order valence-corrected chi connectivity index (χ1v) is 7.97. The van der Waals surface area contributed by atoms with E-state index < -0.39 is 5.60 Å². The van der Waals surface area contributed by atoms with Crippen molar-refractivity contribution in [3.8, 4) is 5.88 Å². The first-order valence-electron chi connectivity index (χ1n) is 7.97. The predicted octanol–water partition coefficient (Wildman–Crippen LogP) is 3.48. The highest BCUT2D eigenvalue weighted by molar-refractivity contribution is 6.09. The standard InChI is InChI=1S/C18H22N4O/c1-5-11-7-8-13(9-12(11)6-2)15-18(3,4)23-17-14(22-15)16(19)20-10-21-17/h7-10H,5-6H2,1-4H3,(H2,19,20,21). The Labute approximate surface area is 136 Å². The third-order valence-electron chi connectivity index (χ3n) is 4.20. The number of hydrogen-bond donors (Lipinski definition) is 1. The van der Waals surface area contributed by atoms with Crippen LogP contribution in [0.4, 0.5) is 11.5 Å². The predicted molar refractivity (Wildman–Crippen MR) is 92.5 cm³/mol. The van der Waals surface area contributed by atoms with E-state index in [1.54, 1.807) is 0 Å². The van der Waals surface area contributed by atoms with Gasteiger partial charge in [-0.25, -0.2) is 9.98 Å². The van der Waals surface area contributed by atoms with Gasteiger partial charge in [0.05, 0.1) is 5.71 Å². The van der Waals surface area contributed by atoms with Crippen LogP contribution in [0.15, 0.2) is 29.5 Å². The number of nitrogen functional groups attached to an aromatic ring is 1. The molecule has 0 saturated carbocycles. The third-order valence-corrected chi connectivity index (χ3v) is 4.20. The van der Waals surface area contributed by atoms with Gasteiger partial charge in [0.1, 0.15) is 11.9 Å². The molecule has 0 amide bonds. The molecule has 23 heavy (non-hydrogen) atoms. The van der Waals surface area contributed by atoms with E-state index in [0.717, 1.165) is 24.1 Å². The molecule has 0 fully saturated rings. The van der Waals surface area contributed by atoms with Gasteiger partial charge >= 0.3 is 0 Å². The van der Waals surface area contributed by atoms with Gasteiger partial charge in [-0.1, -0.05) is 26.0 Å². The second-order valence-corrected chi connectivity index (χ2v) is 6.18. The molecule has 120 valence electrons. The number of aromatic nitrogens is 2. The molecule has 1 aliphatic heterocycles. The number of nitrogens with two attached hydrogens (primary N) is 1. The van der Waals surface area contributed by atoms with Gasteiger partial charge in [-0.2, -0.15) is 4.98 Å². The fourth-order valence-corrected chi connectivity index (χ4v) is 2.95. The summed E-state index contributed by atoms with van der Waals surface area (Å²) in [5, 5.41) is 0. The molecule has 0 unspecified atom stereocenters.